The first-order valence-electron chi connectivity index (χ1n) is 14.7. The number of pyridine rings is 1. The lowest BCUT2D eigenvalue weighted by atomic mass is 9.75. The molecule has 10 heteroatoms. The number of carbonyl (C=O) groups excluding carboxylic acids is 2. The van der Waals surface area contributed by atoms with Crippen molar-refractivity contribution in [3.63, 3.8) is 0 Å². The molecule has 2 aromatic carbocycles. The van der Waals surface area contributed by atoms with Crippen molar-refractivity contribution in [2.75, 3.05) is 33.9 Å². The Morgan fingerprint density at radius 1 is 1.07 bits per heavy atom. The normalized spacial score (nSPS) is 16.8. The molecule has 2 heterocycles. The minimum atomic E-state index is -0.928. The summed E-state index contributed by atoms with van der Waals surface area (Å²) in [4.78, 5) is 48.0. The highest BCUT2D eigenvalue weighted by Gasteiger charge is 2.42. The zero-order valence-corrected chi connectivity index (χ0v) is 26.2. The first-order chi connectivity index (χ1) is 21.6. The number of aromatic nitrogens is 1. The van der Waals surface area contributed by atoms with Gasteiger partial charge in [0.2, 0.25) is 0 Å². The number of benzene rings is 2. The van der Waals surface area contributed by atoms with Crippen molar-refractivity contribution in [2.45, 2.75) is 33.1 Å². The summed E-state index contributed by atoms with van der Waals surface area (Å²) in [6.07, 6.45) is 6.61. The van der Waals surface area contributed by atoms with E-state index in [4.69, 9.17) is 9.47 Å². The van der Waals surface area contributed by atoms with E-state index in [0.717, 1.165) is 17.6 Å². The number of likely N-dealkylation sites (N-methyl/N-ethyl adjacent to an activating group) is 1. The molecule has 0 saturated heterocycles. The van der Waals surface area contributed by atoms with Crippen LogP contribution in [0.4, 0.5) is 5.69 Å². The van der Waals surface area contributed by atoms with E-state index in [2.05, 4.69) is 58.2 Å². The Labute approximate surface area is 263 Å². The maximum absolute atomic E-state index is 13.5. The monoisotopic (exact) mass is 610 g/mol. The topological polar surface area (TPSA) is 124 Å². The average Bonchev–Trinajstić information content (AvgIpc) is 3.01. The number of aliphatic imine (C=N–C) groups is 1. The SMILES string of the molecule is COC(=O)C1C(C)=NC(C)=C(C(=O)OCCN(C)CC(C)=Cc2ccc(Cc3cccnc3)cc2)C1c1cccc([N+](=O)[O-])c1. The highest BCUT2D eigenvalue weighted by Crippen LogP contribution is 2.40. The van der Waals surface area contributed by atoms with Crippen molar-refractivity contribution in [3.8, 4) is 0 Å². The van der Waals surface area contributed by atoms with E-state index in [9.17, 15) is 19.7 Å². The average molecular weight is 611 g/mol. The number of methoxy groups -OCH3 is 1. The van der Waals surface area contributed by atoms with Crippen LogP contribution in [0.5, 0.6) is 0 Å². The van der Waals surface area contributed by atoms with Crippen LogP contribution < -0.4 is 0 Å². The van der Waals surface area contributed by atoms with Crippen LogP contribution >= 0.6 is 0 Å². The molecule has 0 amide bonds. The number of hydrogen-bond acceptors (Lipinski definition) is 9. The van der Waals surface area contributed by atoms with Gasteiger partial charge in [0.1, 0.15) is 12.5 Å². The number of nitrogens with zero attached hydrogens (tertiary/aromatic N) is 4. The number of esters is 2. The number of rotatable bonds is 12. The van der Waals surface area contributed by atoms with Crippen molar-refractivity contribution in [1.29, 1.82) is 0 Å². The lowest BCUT2D eigenvalue weighted by Crippen LogP contribution is -2.36. The molecule has 10 nitrogen and oxygen atoms in total. The Bertz CT molecular complexity index is 1630. The number of ether oxygens (including phenoxy) is 2. The van der Waals surface area contributed by atoms with Gasteiger partial charge in [-0.2, -0.15) is 0 Å². The van der Waals surface area contributed by atoms with Crippen LogP contribution in [0.3, 0.4) is 0 Å². The van der Waals surface area contributed by atoms with Crippen molar-refractivity contribution in [2.24, 2.45) is 10.9 Å². The summed E-state index contributed by atoms with van der Waals surface area (Å²) in [5.41, 5.74) is 5.95. The van der Waals surface area contributed by atoms with Gasteiger partial charge in [-0.05, 0) is 62.6 Å². The molecule has 2 atom stereocenters. The summed E-state index contributed by atoms with van der Waals surface area (Å²) < 4.78 is 10.7. The lowest BCUT2D eigenvalue weighted by molar-refractivity contribution is -0.384. The summed E-state index contributed by atoms with van der Waals surface area (Å²) in [5, 5.41) is 11.5. The summed E-state index contributed by atoms with van der Waals surface area (Å²) in [6, 6.07) is 18.4. The molecule has 0 spiro atoms. The second-order valence-electron chi connectivity index (χ2n) is 11.2. The van der Waals surface area contributed by atoms with Gasteiger partial charge in [-0.25, -0.2) is 4.79 Å². The number of allylic oxidation sites excluding steroid dienone is 1. The van der Waals surface area contributed by atoms with E-state index in [1.165, 1.54) is 36.4 Å². The fourth-order valence-corrected chi connectivity index (χ4v) is 5.60. The van der Waals surface area contributed by atoms with Crippen LogP contribution in [0.1, 0.15) is 48.9 Å². The zero-order valence-electron chi connectivity index (χ0n) is 26.2. The van der Waals surface area contributed by atoms with Crippen LogP contribution in [-0.4, -0.2) is 66.3 Å². The quantitative estimate of drug-likeness (QED) is 0.144. The number of carbonyl (C=O) groups is 2. The number of nitro groups is 1. The van der Waals surface area contributed by atoms with E-state index >= 15 is 0 Å². The van der Waals surface area contributed by atoms with Gasteiger partial charge in [-0.3, -0.25) is 29.8 Å². The fourth-order valence-electron chi connectivity index (χ4n) is 5.60. The molecule has 0 bridgehead atoms. The summed E-state index contributed by atoms with van der Waals surface area (Å²) >= 11 is 0. The third-order valence-corrected chi connectivity index (χ3v) is 7.69. The third-order valence-electron chi connectivity index (χ3n) is 7.69. The van der Waals surface area contributed by atoms with Gasteiger partial charge in [-0.1, -0.05) is 54.1 Å². The van der Waals surface area contributed by atoms with E-state index in [-0.39, 0.29) is 17.9 Å². The number of nitro benzene ring substituents is 1. The molecule has 1 aliphatic heterocycles. The maximum Gasteiger partial charge on any atom is 0.336 e. The van der Waals surface area contributed by atoms with Gasteiger partial charge in [0.05, 0.1) is 17.6 Å². The molecule has 1 aromatic heterocycles. The van der Waals surface area contributed by atoms with Crippen molar-refractivity contribution < 1.29 is 24.0 Å². The molecule has 0 radical (unpaired) electrons. The lowest BCUT2D eigenvalue weighted by Gasteiger charge is -2.31. The Morgan fingerprint density at radius 2 is 1.82 bits per heavy atom. The standard InChI is InChI=1S/C35H38N4O6/c1-23(18-26-11-13-27(14-12-26)19-28-8-7-15-36-21-28)22-38(4)16-17-45-35(41)32-25(3)37-24(2)31(34(40)44-5)33(32)29-9-6-10-30(20-29)39(42)43/h6-15,18,20-21,31,33H,16-17,19,22H2,1-5H3. The van der Waals surface area contributed by atoms with Crippen LogP contribution in [0.15, 0.2) is 94.9 Å². The van der Waals surface area contributed by atoms with Gasteiger partial charge >= 0.3 is 11.9 Å². The molecule has 0 fully saturated rings. The Balaban J connectivity index is 1.40. The van der Waals surface area contributed by atoms with E-state index in [1.54, 1.807) is 26.1 Å². The number of non-ortho nitro benzene ring substituents is 1. The smallest absolute Gasteiger partial charge is 0.336 e. The molecule has 3 aromatic rings. The largest absolute Gasteiger partial charge is 0.468 e. The second-order valence-corrected chi connectivity index (χ2v) is 11.2. The van der Waals surface area contributed by atoms with Crippen LogP contribution in [0.2, 0.25) is 0 Å². The predicted molar refractivity (Wildman–Crippen MR) is 173 cm³/mol. The highest BCUT2D eigenvalue weighted by molar-refractivity contribution is 6.07. The molecule has 1 aliphatic rings. The molecule has 0 saturated carbocycles. The number of hydrogen-bond donors (Lipinski definition) is 0. The summed E-state index contributed by atoms with van der Waals surface area (Å²) in [5.74, 6) is -2.99. The van der Waals surface area contributed by atoms with Crippen molar-refractivity contribution in [3.05, 3.63) is 122 Å². The second kappa shape index (κ2) is 15.2. The van der Waals surface area contributed by atoms with E-state index in [1.807, 2.05) is 19.3 Å². The molecule has 234 valence electrons. The molecule has 2 unspecified atom stereocenters. The minimum Gasteiger partial charge on any atom is -0.468 e. The van der Waals surface area contributed by atoms with Gasteiger partial charge < -0.3 is 9.47 Å². The Morgan fingerprint density at radius 3 is 2.49 bits per heavy atom. The molecular weight excluding hydrogens is 572 g/mol. The van der Waals surface area contributed by atoms with E-state index in [0.29, 0.717) is 30.1 Å². The van der Waals surface area contributed by atoms with Gasteiger partial charge in [0.25, 0.3) is 5.69 Å². The minimum absolute atomic E-state index is 0.107. The fraction of sp³-hybridized carbons (Fsp3) is 0.314. The highest BCUT2D eigenvalue weighted by atomic mass is 16.6. The van der Waals surface area contributed by atoms with Crippen LogP contribution in [0, 0.1) is 16.0 Å². The third kappa shape index (κ3) is 8.57. The first-order valence-corrected chi connectivity index (χ1v) is 14.7. The summed E-state index contributed by atoms with van der Waals surface area (Å²) in [7, 11) is 3.20. The molecular formula is C35H38N4O6. The van der Waals surface area contributed by atoms with Crippen LogP contribution in [-0.2, 0) is 25.5 Å². The molecule has 0 aliphatic carbocycles. The first kappa shape index (κ1) is 32.9. The van der Waals surface area contributed by atoms with Gasteiger partial charge in [-0.15, -0.1) is 0 Å². The maximum atomic E-state index is 13.5. The van der Waals surface area contributed by atoms with Crippen molar-refractivity contribution in [1.82, 2.24) is 9.88 Å². The van der Waals surface area contributed by atoms with Gasteiger partial charge in [0, 0.05) is 54.9 Å². The molecule has 45 heavy (non-hydrogen) atoms. The molecule has 4 rings (SSSR count). The predicted octanol–water partition coefficient (Wildman–Crippen LogP) is 5.78. The van der Waals surface area contributed by atoms with Crippen LogP contribution in [0.25, 0.3) is 6.08 Å². The van der Waals surface area contributed by atoms with Gasteiger partial charge in [0.15, 0.2) is 0 Å². The van der Waals surface area contributed by atoms with E-state index < -0.39 is 28.7 Å². The Kier molecular flexibility index (Phi) is 11.1. The molecule has 0 N–H and O–H groups in total. The zero-order chi connectivity index (χ0) is 32.5. The Hall–Kier alpha value is -4.96. The van der Waals surface area contributed by atoms with Crippen molar-refractivity contribution >= 4 is 29.4 Å². The summed E-state index contributed by atoms with van der Waals surface area (Å²) in [6.45, 7) is 6.65.